The molecular weight excluding hydrogens is 258 g/mol. The normalized spacial score (nSPS) is 12.4. The molecule has 0 spiro atoms. The lowest BCUT2D eigenvalue weighted by Crippen LogP contribution is -2.17. The van der Waals surface area contributed by atoms with Gasteiger partial charge < -0.3 is 10.4 Å². The molecule has 0 amide bonds. The highest BCUT2D eigenvalue weighted by Crippen LogP contribution is 2.19. The van der Waals surface area contributed by atoms with Gasteiger partial charge in [0.25, 0.3) is 0 Å². The second-order valence-corrected chi connectivity index (χ2v) is 5.38. The van der Waals surface area contributed by atoms with Gasteiger partial charge in [0.15, 0.2) is 0 Å². The summed E-state index contributed by atoms with van der Waals surface area (Å²) in [5.41, 5.74) is 2.36. The average Bonchev–Trinajstić information content (AvgIpc) is 2.52. The fraction of sp³-hybridized carbons (Fsp3) is 0.158. The van der Waals surface area contributed by atoms with E-state index in [-0.39, 0.29) is 6.04 Å². The number of hydrogen-bond acceptors (Lipinski definition) is 2. The van der Waals surface area contributed by atoms with E-state index in [1.165, 1.54) is 16.3 Å². The van der Waals surface area contributed by atoms with Gasteiger partial charge in [0.1, 0.15) is 5.75 Å². The molecule has 3 aromatic rings. The topological polar surface area (TPSA) is 32.3 Å². The van der Waals surface area contributed by atoms with Gasteiger partial charge in [-0.05, 0) is 47.0 Å². The van der Waals surface area contributed by atoms with E-state index in [1.807, 2.05) is 12.1 Å². The van der Waals surface area contributed by atoms with Crippen molar-refractivity contribution in [3.63, 3.8) is 0 Å². The van der Waals surface area contributed by atoms with E-state index in [4.69, 9.17) is 0 Å². The van der Waals surface area contributed by atoms with Crippen LogP contribution in [0.4, 0.5) is 0 Å². The SMILES string of the molecule is C[C@H](NCc1ccc2ccccc2c1)c1cccc(O)c1. The van der Waals surface area contributed by atoms with Crippen molar-refractivity contribution in [3.8, 4) is 5.75 Å². The lowest BCUT2D eigenvalue weighted by atomic mass is 10.1. The number of phenolic OH excluding ortho intramolecular Hbond substituents is 1. The molecule has 3 rings (SSSR count). The van der Waals surface area contributed by atoms with Gasteiger partial charge in [-0.1, -0.05) is 48.5 Å². The van der Waals surface area contributed by atoms with E-state index in [0.717, 1.165) is 12.1 Å². The molecule has 2 nitrogen and oxygen atoms in total. The number of phenols is 1. The summed E-state index contributed by atoms with van der Waals surface area (Å²) in [6.45, 7) is 2.91. The molecule has 1 atom stereocenters. The van der Waals surface area contributed by atoms with Crippen LogP contribution in [0, 0.1) is 0 Å². The summed E-state index contributed by atoms with van der Waals surface area (Å²) in [7, 11) is 0. The summed E-state index contributed by atoms with van der Waals surface area (Å²) in [5, 5.41) is 15.6. The van der Waals surface area contributed by atoms with Crippen LogP contribution in [-0.4, -0.2) is 5.11 Å². The van der Waals surface area contributed by atoms with Gasteiger partial charge in [-0.25, -0.2) is 0 Å². The molecule has 0 aromatic heterocycles. The highest BCUT2D eigenvalue weighted by molar-refractivity contribution is 5.82. The molecule has 2 heteroatoms. The smallest absolute Gasteiger partial charge is 0.115 e. The van der Waals surface area contributed by atoms with Crippen molar-refractivity contribution in [2.24, 2.45) is 0 Å². The van der Waals surface area contributed by atoms with E-state index in [9.17, 15) is 5.11 Å². The highest BCUT2D eigenvalue weighted by atomic mass is 16.3. The minimum Gasteiger partial charge on any atom is -0.508 e. The van der Waals surface area contributed by atoms with E-state index in [2.05, 4.69) is 54.7 Å². The van der Waals surface area contributed by atoms with Gasteiger partial charge in [0.05, 0.1) is 0 Å². The molecule has 0 saturated carbocycles. The first-order chi connectivity index (χ1) is 10.2. The largest absolute Gasteiger partial charge is 0.508 e. The fourth-order valence-electron chi connectivity index (χ4n) is 2.53. The first-order valence-corrected chi connectivity index (χ1v) is 7.22. The molecule has 3 aromatic carbocycles. The van der Waals surface area contributed by atoms with Gasteiger partial charge in [0, 0.05) is 12.6 Å². The van der Waals surface area contributed by atoms with E-state index >= 15 is 0 Å². The summed E-state index contributed by atoms with van der Waals surface area (Å²) in [5.74, 6) is 0.312. The molecule has 0 fully saturated rings. The quantitative estimate of drug-likeness (QED) is 0.741. The monoisotopic (exact) mass is 277 g/mol. The molecule has 2 N–H and O–H groups in total. The molecule has 0 aliphatic heterocycles. The van der Waals surface area contributed by atoms with Crippen molar-refractivity contribution in [1.29, 1.82) is 0 Å². The summed E-state index contributed by atoms with van der Waals surface area (Å²) < 4.78 is 0. The second kappa shape index (κ2) is 5.98. The summed E-state index contributed by atoms with van der Waals surface area (Å²) in [6, 6.07) is 22.5. The highest BCUT2D eigenvalue weighted by Gasteiger charge is 2.05. The predicted molar refractivity (Wildman–Crippen MR) is 87.3 cm³/mol. The van der Waals surface area contributed by atoms with Crippen LogP contribution in [0.1, 0.15) is 24.1 Å². The third-order valence-electron chi connectivity index (χ3n) is 3.80. The van der Waals surface area contributed by atoms with Gasteiger partial charge in [-0.3, -0.25) is 0 Å². The first kappa shape index (κ1) is 13.7. The number of fused-ring (bicyclic) bond motifs is 1. The van der Waals surface area contributed by atoms with Crippen LogP contribution in [0.2, 0.25) is 0 Å². The van der Waals surface area contributed by atoms with Crippen LogP contribution in [0.5, 0.6) is 5.75 Å². The Balaban J connectivity index is 1.71. The van der Waals surface area contributed by atoms with Crippen LogP contribution in [0.3, 0.4) is 0 Å². The van der Waals surface area contributed by atoms with Crippen molar-refractivity contribution in [1.82, 2.24) is 5.32 Å². The fourth-order valence-corrected chi connectivity index (χ4v) is 2.53. The number of rotatable bonds is 4. The van der Waals surface area contributed by atoms with Crippen LogP contribution >= 0.6 is 0 Å². The van der Waals surface area contributed by atoms with E-state index in [0.29, 0.717) is 5.75 Å². The zero-order chi connectivity index (χ0) is 14.7. The van der Waals surface area contributed by atoms with E-state index in [1.54, 1.807) is 12.1 Å². The van der Waals surface area contributed by atoms with Crippen molar-refractivity contribution in [2.75, 3.05) is 0 Å². The minimum absolute atomic E-state index is 0.198. The van der Waals surface area contributed by atoms with Crippen molar-refractivity contribution < 1.29 is 5.11 Å². The number of hydrogen-bond donors (Lipinski definition) is 2. The van der Waals surface area contributed by atoms with Crippen molar-refractivity contribution in [3.05, 3.63) is 77.9 Å². The molecule has 0 bridgehead atoms. The number of nitrogens with one attached hydrogen (secondary N) is 1. The zero-order valence-corrected chi connectivity index (χ0v) is 12.1. The van der Waals surface area contributed by atoms with Crippen LogP contribution in [0.15, 0.2) is 66.7 Å². The van der Waals surface area contributed by atoms with Gasteiger partial charge >= 0.3 is 0 Å². The van der Waals surface area contributed by atoms with Crippen molar-refractivity contribution in [2.45, 2.75) is 19.5 Å². The maximum absolute atomic E-state index is 9.54. The minimum atomic E-state index is 0.198. The standard InChI is InChI=1S/C19H19NO/c1-14(17-7-4-8-19(21)12-17)20-13-15-9-10-16-5-2-3-6-18(16)11-15/h2-12,14,20-21H,13H2,1H3/t14-/m0/s1. The summed E-state index contributed by atoms with van der Waals surface area (Å²) in [6.07, 6.45) is 0. The molecule has 21 heavy (non-hydrogen) atoms. The summed E-state index contributed by atoms with van der Waals surface area (Å²) >= 11 is 0. The molecule has 0 unspecified atom stereocenters. The zero-order valence-electron chi connectivity index (χ0n) is 12.1. The molecule has 106 valence electrons. The van der Waals surface area contributed by atoms with Gasteiger partial charge in [-0.2, -0.15) is 0 Å². The van der Waals surface area contributed by atoms with Crippen molar-refractivity contribution >= 4 is 10.8 Å². The van der Waals surface area contributed by atoms with Gasteiger partial charge in [-0.15, -0.1) is 0 Å². The van der Waals surface area contributed by atoms with E-state index < -0.39 is 0 Å². The first-order valence-electron chi connectivity index (χ1n) is 7.22. The Kier molecular flexibility index (Phi) is 3.89. The Hall–Kier alpha value is -2.32. The Morgan fingerprint density at radius 3 is 2.52 bits per heavy atom. The number of aromatic hydroxyl groups is 1. The maximum atomic E-state index is 9.54. The molecular formula is C19H19NO. The van der Waals surface area contributed by atoms with Crippen LogP contribution < -0.4 is 5.32 Å². The maximum Gasteiger partial charge on any atom is 0.115 e. The molecule has 0 heterocycles. The second-order valence-electron chi connectivity index (χ2n) is 5.38. The molecule has 0 radical (unpaired) electrons. The van der Waals surface area contributed by atoms with Crippen LogP contribution in [-0.2, 0) is 6.54 Å². The predicted octanol–water partition coefficient (Wildman–Crippen LogP) is 4.40. The Labute approximate surface area is 125 Å². The third-order valence-corrected chi connectivity index (χ3v) is 3.80. The van der Waals surface area contributed by atoms with Crippen LogP contribution in [0.25, 0.3) is 10.8 Å². The Morgan fingerprint density at radius 1 is 0.905 bits per heavy atom. The number of benzene rings is 3. The Morgan fingerprint density at radius 2 is 1.71 bits per heavy atom. The Bertz CT molecular complexity index is 751. The third kappa shape index (κ3) is 3.23. The average molecular weight is 277 g/mol. The molecule has 0 aliphatic carbocycles. The lowest BCUT2D eigenvalue weighted by Gasteiger charge is -2.15. The van der Waals surface area contributed by atoms with Gasteiger partial charge in [0.2, 0.25) is 0 Å². The summed E-state index contributed by atoms with van der Waals surface area (Å²) in [4.78, 5) is 0. The molecule has 0 saturated heterocycles. The lowest BCUT2D eigenvalue weighted by molar-refractivity contribution is 0.472. The molecule has 0 aliphatic rings.